The second-order valence-corrected chi connectivity index (χ2v) is 6.09. The first-order valence-electron chi connectivity index (χ1n) is 7.04. The maximum Gasteiger partial charge on any atom is 0.0468 e. The summed E-state index contributed by atoms with van der Waals surface area (Å²) in [7, 11) is 0. The van der Waals surface area contributed by atoms with E-state index in [1.165, 1.54) is 12.0 Å². The van der Waals surface area contributed by atoms with Gasteiger partial charge in [0.25, 0.3) is 0 Å². The minimum absolute atomic E-state index is 0.332. The molecule has 1 aromatic rings. The average Bonchev–Trinajstić information content (AvgIpc) is 2.63. The first-order chi connectivity index (χ1) is 9.11. The van der Waals surface area contributed by atoms with Crippen LogP contribution in [0.5, 0.6) is 0 Å². The first-order valence-corrected chi connectivity index (χ1v) is 7.79. The first kappa shape index (κ1) is 15.1. The molecule has 2 rings (SSSR count). The van der Waals surface area contributed by atoms with Gasteiger partial charge in [-0.1, -0.05) is 36.2 Å². The van der Waals surface area contributed by atoms with Crippen LogP contribution >= 0.6 is 23.2 Å². The van der Waals surface area contributed by atoms with Gasteiger partial charge in [0.15, 0.2) is 0 Å². The van der Waals surface area contributed by atoms with E-state index < -0.39 is 0 Å². The zero-order valence-corrected chi connectivity index (χ0v) is 13.1. The van der Waals surface area contributed by atoms with E-state index in [1.54, 1.807) is 0 Å². The van der Waals surface area contributed by atoms with Crippen molar-refractivity contribution in [3.8, 4) is 0 Å². The Balaban J connectivity index is 2.14. The molecule has 0 saturated carbocycles. The number of benzene rings is 1. The van der Waals surface area contributed by atoms with Crippen LogP contribution < -0.4 is 5.32 Å². The highest BCUT2D eigenvalue weighted by atomic mass is 35.5. The maximum atomic E-state index is 6.33. The van der Waals surface area contributed by atoms with E-state index >= 15 is 0 Å². The fraction of sp³-hybridized carbons (Fsp3) is 0.600. The summed E-state index contributed by atoms with van der Waals surface area (Å²) in [5.74, 6) is 0. The summed E-state index contributed by atoms with van der Waals surface area (Å²) >= 11 is 12.3. The molecule has 1 aliphatic rings. The Morgan fingerprint density at radius 3 is 2.89 bits per heavy atom. The maximum absolute atomic E-state index is 6.33. The minimum atomic E-state index is 0.332. The van der Waals surface area contributed by atoms with Crippen molar-refractivity contribution in [3.63, 3.8) is 0 Å². The summed E-state index contributed by atoms with van der Waals surface area (Å²) in [5, 5.41) is 5.06. The van der Waals surface area contributed by atoms with Crippen molar-refractivity contribution in [1.82, 2.24) is 10.2 Å². The highest BCUT2D eigenvalue weighted by molar-refractivity contribution is 6.35. The van der Waals surface area contributed by atoms with E-state index in [0.29, 0.717) is 17.1 Å². The summed E-state index contributed by atoms with van der Waals surface area (Å²) in [4.78, 5) is 2.52. The Morgan fingerprint density at radius 1 is 1.42 bits per heavy atom. The second-order valence-electron chi connectivity index (χ2n) is 5.25. The van der Waals surface area contributed by atoms with Crippen molar-refractivity contribution in [2.75, 3.05) is 19.6 Å². The highest BCUT2D eigenvalue weighted by Gasteiger charge is 2.22. The van der Waals surface area contributed by atoms with Gasteiger partial charge < -0.3 is 5.32 Å². The molecule has 4 heteroatoms. The summed E-state index contributed by atoms with van der Waals surface area (Å²) in [5.41, 5.74) is 1.17. The van der Waals surface area contributed by atoms with Crippen molar-refractivity contribution in [2.24, 2.45) is 0 Å². The minimum Gasteiger partial charge on any atom is -0.313 e. The van der Waals surface area contributed by atoms with Crippen LogP contribution in [0.4, 0.5) is 0 Å². The van der Waals surface area contributed by atoms with Gasteiger partial charge in [0.2, 0.25) is 0 Å². The standard InChI is InChI=1S/C15H22Cl2N2/c1-3-13-10-19(8-4-7-18-13)11(2)14-6-5-12(16)9-15(14)17/h5-6,9,11,13,18H,3-4,7-8,10H2,1-2H3. The summed E-state index contributed by atoms with van der Waals surface area (Å²) in [6.07, 6.45) is 2.35. The van der Waals surface area contributed by atoms with Crippen LogP contribution in [-0.2, 0) is 0 Å². The number of halogens is 2. The van der Waals surface area contributed by atoms with E-state index in [2.05, 4.69) is 30.1 Å². The highest BCUT2D eigenvalue weighted by Crippen LogP contribution is 2.30. The predicted molar refractivity (Wildman–Crippen MR) is 83.1 cm³/mol. The molecule has 106 valence electrons. The zero-order valence-electron chi connectivity index (χ0n) is 11.6. The molecule has 2 atom stereocenters. The molecule has 1 saturated heterocycles. The molecule has 1 N–H and O–H groups in total. The molecule has 19 heavy (non-hydrogen) atoms. The quantitative estimate of drug-likeness (QED) is 0.903. The Morgan fingerprint density at radius 2 is 2.21 bits per heavy atom. The van der Waals surface area contributed by atoms with Gasteiger partial charge in [0.05, 0.1) is 0 Å². The Kier molecular flexibility index (Phi) is 5.52. The van der Waals surface area contributed by atoms with E-state index in [9.17, 15) is 0 Å². The van der Waals surface area contributed by atoms with Crippen molar-refractivity contribution in [2.45, 2.75) is 38.8 Å². The van der Waals surface area contributed by atoms with E-state index in [1.807, 2.05) is 12.1 Å². The fourth-order valence-corrected chi connectivity index (χ4v) is 3.26. The SMILES string of the molecule is CCC1CN(C(C)c2ccc(Cl)cc2Cl)CCCN1. The molecule has 0 aliphatic carbocycles. The van der Waals surface area contributed by atoms with Gasteiger partial charge in [-0.15, -0.1) is 0 Å². The molecule has 0 aromatic heterocycles. The summed E-state index contributed by atoms with van der Waals surface area (Å²) in [6, 6.07) is 6.72. The fourth-order valence-electron chi connectivity index (χ4n) is 2.69. The smallest absolute Gasteiger partial charge is 0.0468 e. The predicted octanol–water partition coefficient (Wildman–Crippen LogP) is 4.13. The largest absolute Gasteiger partial charge is 0.313 e. The van der Waals surface area contributed by atoms with Crippen molar-refractivity contribution >= 4 is 23.2 Å². The third kappa shape index (κ3) is 3.85. The van der Waals surface area contributed by atoms with Gasteiger partial charge in [-0.2, -0.15) is 0 Å². The topological polar surface area (TPSA) is 15.3 Å². The van der Waals surface area contributed by atoms with Crippen LogP contribution in [0.15, 0.2) is 18.2 Å². The third-order valence-corrected chi connectivity index (χ3v) is 4.53. The van der Waals surface area contributed by atoms with Crippen LogP contribution in [0.25, 0.3) is 0 Å². The Labute approximate surface area is 126 Å². The third-order valence-electron chi connectivity index (χ3n) is 3.96. The van der Waals surface area contributed by atoms with Gasteiger partial charge in [0.1, 0.15) is 0 Å². The molecule has 0 bridgehead atoms. The lowest BCUT2D eigenvalue weighted by molar-refractivity contribution is 0.205. The number of hydrogen-bond donors (Lipinski definition) is 1. The molecular formula is C15H22Cl2N2. The molecular weight excluding hydrogens is 279 g/mol. The van der Waals surface area contributed by atoms with Crippen molar-refractivity contribution in [1.29, 1.82) is 0 Å². The molecule has 1 aliphatic heterocycles. The number of nitrogens with zero attached hydrogens (tertiary/aromatic N) is 1. The second kappa shape index (κ2) is 6.94. The van der Waals surface area contributed by atoms with Crippen LogP contribution in [0.2, 0.25) is 10.0 Å². The molecule has 1 aromatic carbocycles. The van der Waals surface area contributed by atoms with Crippen LogP contribution in [0.1, 0.15) is 38.3 Å². The number of rotatable bonds is 3. The number of hydrogen-bond acceptors (Lipinski definition) is 2. The molecule has 0 radical (unpaired) electrons. The molecule has 1 heterocycles. The Hall–Kier alpha value is -0.280. The van der Waals surface area contributed by atoms with Crippen LogP contribution in [0, 0.1) is 0 Å². The normalized spacial score (nSPS) is 23.1. The van der Waals surface area contributed by atoms with E-state index in [0.717, 1.165) is 31.1 Å². The van der Waals surface area contributed by atoms with Crippen LogP contribution in [-0.4, -0.2) is 30.6 Å². The summed E-state index contributed by atoms with van der Waals surface area (Å²) < 4.78 is 0. The average molecular weight is 301 g/mol. The van der Waals surface area contributed by atoms with Crippen LogP contribution in [0.3, 0.4) is 0 Å². The molecule has 1 fully saturated rings. The van der Waals surface area contributed by atoms with Crippen molar-refractivity contribution < 1.29 is 0 Å². The lowest BCUT2D eigenvalue weighted by atomic mass is 10.1. The molecule has 2 unspecified atom stereocenters. The lowest BCUT2D eigenvalue weighted by Crippen LogP contribution is -2.38. The van der Waals surface area contributed by atoms with Gasteiger partial charge in [-0.25, -0.2) is 0 Å². The number of nitrogens with one attached hydrogen (secondary N) is 1. The summed E-state index contributed by atoms with van der Waals surface area (Å²) in [6.45, 7) is 7.77. The van der Waals surface area contributed by atoms with Gasteiger partial charge >= 0.3 is 0 Å². The monoisotopic (exact) mass is 300 g/mol. The molecule has 0 amide bonds. The zero-order chi connectivity index (χ0) is 13.8. The Bertz CT molecular complexity index is 423. The van der Waals surface area contributed by atoms with Crippen molar-refractivity contribution in [3.05, 3.63) is 33.8 Å². The molecule has 0 spiro atoms. The van der Waals surface area contributed by atoms with E-state index in [-0.39, 0.29) is 0 Å². The molecule has 2 nitrogen and oxygen atoms in total. The van der Waals surface area contributed by atoms with Gasteiger partial charge in [-0.3, -0.25) is 4.90 Å². The van der Waals surface area contributed by atoms with Gasteiger partial charge in [-0.05, 0) is 44.0 Å². The lowest BCUT2D eigenvalue weighted by Gasteiger charge is -2.30. The van der Waals surface area contributed by atoms with Gasteiger partial charge in [0, 0.05) is 35.2 Å². The van der Waals surface area contributed by atoms with E-state index in [4.69, 9.17) is 23.2 Å².